The molecule has 0 aliphatic carbocycles. The maximum atomic E-state index is 12.6. The summed E-state index contributed by atoms with van der Waals surface area (Å²) < 4.78 is 12.5. The average Bonchev–Trinajstić information content (AvgIpc) is 3.30. The summed E-state index contributed by atoms with van der Waals surface area (Å²) in [7, 11) is 3.11. The van der Waals surface area contributed by atoms with Gasteiger partial charge in [-0.15, -0.1) is 10.2 Å². The summed E-state index contributed by atoms with van der Waals surface area (Å²) in [5.74, 6) is 2.53. The highest BCUT2D eigenvalue weighted by Gasteiger charge is 2.16. The molecule has 1 heterocycles. The van der Waals surface area contributed by atoms with Gasteiger partial charge in [0.25, 0.3) is 0 Å². The van der Waals surface area contributed by atoms with Crippen molar-refractivity contribution in [1.82, 2.24) is 20.1 Å². The molecule has 0 saturated heterocycles. The first-order valence-electron chi connectivity index (χ1n) is 11.0. The van der Waals surface area contributed by atoms with Crippen molar-refractivity contribution >= 4 is 23.5 Å². The summed E-state index contributed by atoms with van der Waals surface area (Å²) in [6.45, 7) is 2.23. The van der Waals surface area contributed by atoms with E-state index >= 15 is 0 Å². The molecule has 2 amide bonds. The Kier molecular flexibility index (Phi) is 7.89. The van der Waals surface area contributed by atoms with E-state index in [0.29, 0.717) is 23.0 Å². The Hall–Kier alpha value is -3.98. The van der Waals surface area contributed by atoms with E-state index in [1.54, 1.807) is 37.1 Å². The molecule has 0 aliphatic heterocycles. The van der Waals surface area contributed by atoms with Crippen LogP contribution in [0.15, 0.2) is 78.0 Å². The van der Waals surface area contributed by atoms with Gasteiger partial charge in [-0.3, -0.25) is 4.57 Å². The predicted octanol–water partition coefficient (Wildman–Crippen LogP) is 5.21. The zero-order valence-electron chi connectivity index (χ0n) is 19.8. The Morgan fingerprint density at radius 2 is 1.74 bits per heavy atom. The molecule has 0 bridgehead atoms. The van der Waals surface area contributed by atoms with Crippen molar-refractivity contribution in [2.24, 2.45) is 0 Å². The van der Waals surface area contributed by atoms with Crippen molar-refractivity contribution in [3.8, 4) is 17.2 Å². The van der Waals surface area contributed by atoms with E-state index in [9.17, 15) is 4.79 Å². The van der Waals surface area contributed by atoms with Crippen LogP contribution in [0.25, 0.3) is 5.69 Å². The van der Waals surface area contributed by atoms with Crippen LogP contribution in [-0.2, 0) is 12.3 Å². The van der Waals surface area contributed by atoms with Gasteiger partial charge in [-0.25, -0.2) is 4.79 Å². The van der Waals surface area contributed by atoms with Crippen molar-refractivity contribution in [2.45, 2.75) is 24.4 Å². The molecule has 9 heteroatoms. The van der Waals surface area contributed by atoms with E-state index in [2.05, 4.69) is 33.0 Å². The number of hydrogen-bond donors (Lipinski definition) is 2. The van der Waals surface area contributed by atoms with E-state index in [1.807, 2.05) is 54.0 Å². The predicted molar refractivity (Wildman–Crippen MR) is 138 cm³/mol. The minimum Gasteiger partial charge on any atom is -0.497 e. The second kappa shape index (κ2) is 11.4. The molecule has 2 N–H and O–H groups in total. The third-order valence-corrected chi connectivity index (χ3v) is 6.27. The Balaban J connectivity index is 1.50. The van der Waals surface area contributed by atoms with E-state index in [-0.39, 0.29) is 12.6 Å². The minimum atomic E-state index is -0.384. The molecular weight excluding hydrogens is 462 g/mol. The first-order valence-corrected chi connectivity index (χ1v) is 12.0. The molecule has 8 nitrogen and oxygen atoms in total. The Bertz CT molecular complexity index is 1280. The summed E-state index contributed by atoms with van der Waals surface area (Å²) in [5.41, 5.74) is 3.83. The SMILES string of the molecule is COc1ccc(NC(=O)NCc2nnc(SCc3ccccc3)n2-c2ccc(C)cc2)c(OC)c1. The van der Waals surface area contributed by atoms with Crippen molar-refractivity contribution in [3.05, 3.63) is 89.7 Å². The topological polar surface area (TPSA) is 90.3 Å². The van der Waals surface area contributed by atoms with Gasteiger partial charge >= 0.3 is 6.03 Å². The number of aromatic nitrogens is 3. The van der Waals surface area contributed by atoms with Crippen molar-refractivity contribution in [3.63, 3.8) is 0 Å². The van der Waals surface area contributed by atoms with Crippen LogP contribution in [0.5, 0.6) is 11.5 Å². The molecule has 35 heavy (non-hydrogen) atoms. The van der Waals surface area contributed by atoms with Crippen LogP contribution in [0.2, 0.25) is 0 Å². The number of nitrogens with zero attached hydrogens (tertiary/aromatic N) is 3. The number of nitrogens with one attached hydrogen (secondary N) is 2. The second-order valence-corrected chi connectivity index (χ2v) is 8.66. The number of ether oxygens (including phenoxy) is 2. The lowest BCUT2D eigenvalue weighted by atomic mass is 10.2. The molecule has 4 aromatic rings. The summed E-state index contributed by atoms with van der Waals surface area (Å²) >= 11 is 1.60. The number of aryl methyl sites for hydroxylation is 1. The van der Waals surface area contributed by atoms with Crippen LogP contribution in [0.1, 0.15) is 17.0 Å². The summed E-state index contributed by atoms with van der Waals surface area (Å²) in [6.07, 6.45) is 0. The number of rotatable bonds is 9. The maximum Gasteiger partial charge on any atom is 0.319 e. The van der Waals surface area contributed by atoms with Gasteiger partial charge in [0.15, 0.2) is 11.0 Å². The lowest BCUT2D eigenvalue weighted by molar-refractivity contribution is 0.251. The standard InChI is InChI=1S/C26H27N5O3S/c1-18-9-11-20(12-10-18)31-24(29-30-26(31)35-17-19-7-5-4-6-8-19)16-27-25(32)28-22-14-13-21(33-2)15-23(22)34-3/h4-15H,16-17H2,1-3H3,(H2,27,28,32). The van der Waals surface area contributed by atoms with Crippen LogP contribution in [0.3, 0.4) is 0 Å². The molecule has 3 aromatic carbocycles. The van der Waals surface area contributed by atoms with E-state index in [0.717, 1.165) is 22.2 Å². The zero-order valence-corrected chi connectivity index (χ0v) is 20.6. The van der Waals surface area contributed by atoms with Crippen LogP contribution >= 0.6 is 11.8 Å². The molecule has 4 rings (SSSR count). The van der Waals surface area contributed by atoms with Crippen LogP contribution in [0.4, 0.5) is 10.5 Å². The normalized spacial score (nSPS) is 10.6. The Labute approximate surface area is 208 Å². The van der Waals surface area contributed by atoms with Gasteiger partial charge in [-0.2, -0.15) is 0 Å². The van der Waals surface area contributed by atoms with Gasteiger partial charge in [0.1, 0.15) is 11.5 Å². The third-order valence-electron chi connectivity index (χ3n) is 5.27. The largest absolute Gasteiger partial charge is 0.497 e. The van der Waals surface area contributed by atoms with Gasteiger partial charge in [-0.05, 0) is 36.8 Å². The van der Waals surface area contributed by atoms with Gasteiger partial charge in [0.2, 0.25) is 0 Å². The molecule has 0 fully saturated rings. The Morgan fingerprint density at radius 3 is 2.46 bits per heavy atom. The molecule has 0 radical (unpaired) electrons. The highest BCUT2D eigenvalue weighted by atomic mass is 32.2. The molecule has 0 spiro atoms. The fraction of sp³-hybridized carbons (Fsp3) is 0.192. The third kappa shape index (κ3) is 6.13. The monoisotopic (exact) mass is 489 g/mol. The highest BCUT2D eigenvalue weighted by Crippen LogP contribution is 2.29. The number of carbonyl (C=O) groups excluding carboxylic acids is 1. The summed E-state index contributed by atoms with van der Waals surface area (Å²) in [5, 5.41) is 15.2. The molecule has 0 atom stereocenters. The van der Waals surface area contributed by atoms with Gasteiger partial charge < -0.3 is 20.1 Å². The fourth-order valence-corrected chi connectivity index (χ4v) is 4.34. The molecular formula is C26H27N5O3S. The number of carbonyl (C=O) groups is 1. The van der Waals surface area contributed by atoms with E-state index in [4.69, 9.17) is 9.47 Å². The lowest BCUT2D eigenvalue weighted by Gasteiger charge is -2.13. The minimum absolute atomic E-state index is 0.192. The number of amides is 2. The van der Waals surface area contributed by atoms with Crippen molar-refractivity contribution in [1.29, 1.82) is 0 Å². The van der Waals surface area contributed by atoms with Crippen molar-refractivity contribution < 1.29 is 14.3 Å². The summed E-state index contributed by atoms with van der Waals surface area (Å²) in [4.78, 5) is 12.6. The number of urea groups is 1. The average molecular weight is 490 g/mol. The lowest BCUT2D eigenvalue weighted by Crippen LogP contribution is -2.29. The van der Waals surface area contributed by atoms with Gasteiger partial charge in [0.05, 0.1) is 26.5 Å². The number of benzene rings is 3. The quantitative estimate of drug-likeness (QED) is 0.314. The molecule has 180 valence electrons. The number of methoxy groups -OCH3 is 2. The van der Waals surface area contributed by atoms with E-state index in [1.165, 1.54) is 12.7 Å². The molecule has 0 saturated carbocycles. The first kappa shape index (κ1) is 24.2. The molecule has 0 aliphatic rings. The number of thioether (sulfide) groups is 1. The molecule has 1 aromatic heterocycles. The first-order chi connectivity index (χ1) is 17.1. The number of anilines is 1. The Morgan fingerprint density at radius 1 is 0.971 bits per heavy atom. The van der Waals surface area contributed by atoms with Gasteiger partial charge in [0, 0.05) is 17.5 Å². The van der Waals surface area contributed by atoms with Gasteiger partial charge in [-0.1, -0.05) is 59.8 Å². The molecule has 0 unspecified atom stereocenters. The smallest absolute Gasteiger partial charge is 0.319 e. The number of hydrogen-bond acceptors (Lipinski definition) is 6. The second-order valence-electron chi connectivity index (χ2n) is 7.72. The summed E-state index contributed by atoms with van der Waals surface area (Å²) in [6, 6.07) is 23.1. The van der Waals surface area contributed by atoms with Crippen LogP contribution < -0.4 is 20.1 Å². The van der Waals surface area contributed by atoms with Crippen LogP contribution in [-0.4, -0.2) is 35.0 Å². The maximum absolute atomic E-state index is 12.6. The fourth-order valence-electron chi connectivity index (χ4n) is 3.41. The van der Waals surface area contributed by atoms with E-state index < -0.39 is 0 Å². The highest BCUT2D eigenvalue weighted by molar-refractivity contribution is 7.98. The van der Waals surface area contributed by atoms with Crippen LogP contribution in [0, 0.1) is 6.92 Å². The zero-order chi connectivity index (χ0) is 24.6. The van der Waals surface area contributed by atoms with Crippen molar-refractivity contribution in [2.75, 3.05) is 19.5 Å².